The van der Waals surface area contributed by atoms with Crippen molar-refractivity contribution < 1.29 is 14.3 Å². The number of hydrogen-bond acceptors (Lipinski definition) is 4. The Morgan fingerprint density at radius 2 is 1.85 bits per heavy atom. The molecule has 1 amide bonds. The largest absolute Gasteiger partial charge is 0.465 e. The first-order valence-electron chi connectivity index (χ1n) is 11.1. The Bertz CT molecular complexity index is 1370. The fraction of sp³-hybridized carbons (Fsp3) is 0.417. The molecule has 1 N–H and O–H groups in total. The van der Waals surface area contributed by atoms with Crippen molar-refractivity contribution in [2.24, 2.45) is 0 Å². The van der Waals surface area contributed by atoms with Gasteiger partial charge in [-0.25, -0.2) is 23.5 Å². The van der Waals surface area contributed by atoms with E-state index in [9.17, 15) is 23.9 Å². The monoisotopic (exact) mass is 580 g/mol. The van der Waals surface area contributed by atoms with Gasteiger partial charge in [-0.15, -0.1) is 0 Å². The average molecular weight is 580 g/mol. The first-order valence-corrected chi connectivity index (χ1v) is 12.2. The summed E-state index contributed by atoms with van der Waals surface area (Å²) in [6.07, 6.45) is 1.96. The van der Waals surface area contributed by atoms with Crippen molar-refractivity contribution in [1.82, 2.24) is 19.0 Å². The van der Waals surface area contributed by atoms with Gasteiger partial charge in [-0.05, 0) is 93.3 Å². The summed E-state index contributed by atoms with van der Waals surface area (Å²) in [5.41, 5.74) is -1.04. The standard InChI is InChI=1S/C24H26FIN4O4/c1-24(2,3)30(23(33)34)17-9-7-16(8-10-17)29-21(31)19-11-14(25)13-27-20(19)28(22(29)32)18-6-4-5-15(26)12-18/h4-6,11-13,16-17H,7-10H2,1-3H3,(H,33,34)/t16-,17+. The third kappa shape index (κ3) is 4.47. The van der Waals surface area contributed by atoms with Gasteiger partial charge in [0.1, 0.15) is 5.82 Å². The fourth-order valence-corrected chi connectivity index (χ4v) is 5.44. The van der Waals surface area contributed by atoms with Gasteiger partial charge in [0.2, 0.25) is 0 Å². The SMILES string of the molecule is CC(C)(C)N(C(=O)O)[C@H]1CC[C@@H](n2c(=O)c3cc(F)cnc3n(-c3cccc(I)c3)c2=O)CC1. The highest BCUT2D eigenvalue weighted by atomic mass is 127. The molecule has 8 nitrogen and oxygen atoms in total. The lowest BCUT2D eigenvalue weighted by atomic mass is 9.88. The highest BCUT2D eigenvalue weighted by Gasteiger charge is 2.36. The lowest BCUT2D eigenvalue weighted by Gasteiger charge is -2.42. The molecule has 0 spiro atoms. The second-order valence-corrected chi connectivity index (χ2v) is 10.8. The molecule has 180 valence electrons. The number of carbonyl (C=O) groups is 1. The number of fused-ring (bicyclic) bond motifs is 1. The first kappa shape index (κ1) is 24.4. The number of halogens is 2. The third-order valence-electron chi connectivity index (χ3n) is 6.28. The predicted molar refractivity (Wildman–Crippen MR) is 135 cm³/mol. The molecule has 1 saturated carbocycles. The second-order valence-electron chi connectivity index (χ2n) is 9.58. The van der Waals surface area contributed by atoms with Crippen molar-refractivity contribution in [2.45, 2.75) is 64.1 Å². The quantitative estimate of drug-likeness (QED) is 0.459. The van der Waals surface area contributed by atoms with Gasteiger partial charge in [0, 0.05) is 21.2 Å². The van der Waals surface area contributed by atoms with Crippen LogP contribution in [-0.4, -0.2) is 41.8 Å². The molecule has 4 rings (SSSR count). The summed E-state index contributed by atoms with van der Waals surface area (Å²) in [7, 11) is 0. The minimum Gasteiger partial charge on any atom is -0.465 e. The van der Waals surface area contributed by atoms with E-state index in [-0.39, 0.29) is 17.1 Å². The summed E-state index contributed by atoms with van der Waals surface area (Å²) in [5, 5.41) is 9.77. The van der Waals surface area contributed by atoms with Gasteiger partial charge in [-0.3, -0.25) is 9.36 Å². The minimum atomic E-state index is -0.985. The summed E-state index contributed by atoms with van der Waals surface area (Å²) >= 11 is 2.13. The molecule has 0 radical (unpaired) electrons. The molecule has 2 heterocycles. The average Bonchev–Trinajstić information content (AvgIpc) is 2.74. The molecule has 0 saturated heterocycles. The maximum atomic E-state index is 14.1. The van der Waals surface area contributed by atoms with Gasteiger partial charge in [0.15, 0.2) is 5.65 Å². The summed E-state index contributed by atoms with van der Waals surface area (Å²) in [6.45, 7) is 5.55. The van der Waals surface area contributed by atoms with Crippen LogP contribution in [0.2, 0.25) is 0 Å². The van der Waals surface area contributed by atoms with Crippen LogP contribution in [0.3, 0.4) is 0 Å². The predicted octanol–water partition coefficient (Wildman–Crippen LogP) is 4.55. The molecular formula is C24H26FIN4O4. The van der Waals surface area contributed by atoms with Crippen molar-refractivity contribution in [3.05, 3.63) is 66.8 Å². The number of pyridine rings is 1. The molecule has 1 aliphatic rings. The van der Waals surface area contributed by atoms with E-state index in [1.807, 2.05) is 26.8 Å². The maximum absolute atomic E-state index is 14.1. The number of rotatable bonds is 3. The van der Waals surface area contributed by atoms with Gasteiger partial charge >= 0.3 is 11.8 Å². The number of carboxylic acid groups (broad SMARTS) is 1. The number of hydrogen-bond donors (Lipinski definition) is 1. The van der Waals surface area contributed by atoms with Crippen LogP contribution in [0, 0.1) is 9.39 Å². The number of nitrogens with zero attached hydrogens (tertiary/aromatic N) is 4. The first-order chi connectivity index (χ1) is 16.0. The molecule has 10 heteroatoms. The van der Waals surface area contributed by atoms with E-state index in [0.29, 0.717) is 31.4 Å². The lowest BCUT2D eigenvalue weighted by Crippen LogP contribution is -2.53. The Morgan fingerprint density at radius 3 is 2.44 bits per heavy atom. The zero-order valence-corrected chi connectivity index (χ0v) is 21.3. The van der Waals surface area contributed by atoms with Crippen LogP contribution >= 0.6 is 22.6 Å². The smallest absolute Gasteiger partial charge is 0.407 e. The van der Waals surface area contributed by atoms with E-state index < -0.39 is 34.7 Å². The Balaban J connectivity index is 1.81. The summed E-state index contributed by atoms with van der Waals surface area (Å²) in [4.78, 5) is 44.5. The number of benzene rings is 1. The minimum absolute atomic E-state index is 0.0300. The van der Waals surface area contributed by atoms with E-state index in [2.05, 4.69) is 27.6 Å². The van der Waals surface area contributed by atoms with E-state index in [4.69, 9.17) is 0 Å². The van der Waals surface area contributed by atoms with Crippen molar-refractivity contribution >= 4 is 39.7 Å². The van der Waals surface area contributed by atoms with Crippen LogP contribution in [0.25, 0.3) is 16.7 Å². The Hall–Kier alpha value is -2.76. The zero-order chi connectivity index (χ0) is 24.8. The van der Waals surface area contributed by atoms with Crippen LogP contribution < -0.4 is 11.2 Å². The molecule has 0 bridgehead atoms. The normalized spacial score (nSPS) is 18.7. The van der Waals surface area contributed by atoms with Crippen LogP contribution in [-0.2, 0) is 0 Å². The van der Waals surface area contributed by atoms with E-state index in [0.717, 1.165) is 15.8 Å². The van der Waals surface area contributed by atoms with Gasteiger partial charge in [-0.2, -0.15) is 0 Å². The molecule has 0 unspecified atom stereocenters. The number of amides is 1. The second kappa shape index (κ2) is 9.12. The van der Waals surface area contributed by atoms with Crippen LogP contribution in [0.15, 0.2) is 46.1 Å². The fourth-order valence-electron chi connectivity index (χ4n) is 4.92. The van der Waals surface area contributed by atoms with Crippen LogP contribution in [0.5, 0.6) is 0 Å². The van der Waals surface area contributed by atoms with Gasteiger partial charge < -0.3 is 10.0 Å². The lowest BCUT2D eigenvalue weighted by molar-refractivity contribution is 0.0506. The topological polar surface area (TPSA) is 97.4 Å². The summed E-state index contributed by atoms with van der Waals surface area (Å²) in [6, 6.07) is 7.70. The molecule has 1 aromatic carbocycles. The zero-order valence-electron chi connectivity index (χ0n) is 19.2. The molecule has 0 aliphatic heterocycles. The highest BCUT2D eigenvalue weighted by Crippen LogP contribution is 2.33. The van der Waals surface area contributed by atoms with Crippen molar-refractivity contribution in [2.75, 3.05) is 0 Å². The summed E-state index contributed by atoms with van der Waals surface area (Å²) in [5.74, 6) is -0.657. The van der Waals surface area contributed by atoms with E-state index in [1.54, 1.807) is 18.2 Å². The van der Waals surface area contributed by atoms with Crippen molar-refractivity contribution in [3.8, 4) is 5.69 Å². The van der Waals surface area contributed by atoms with Crippen molar-refractivity contribution in [1.29, 1.82) is 0 Å². The third-order valence-corrected chi connectivity index (χ3v) is 6.95. The molecule has 1 aliphatic carbocycles. The molecule has 34 heavy (non-hydrogen) atoms. The van der Waals surface area contributed by atoms with E-state index >= 15 is 0 Å². The number of aromatic nitrogens is 3. The van der Waals surface area contributed by atoms with E-state index in [1.165, 1.54) is 14.0 Å². The Labute approximate surface area is 209 Å². The van der Waals surface area contributed by atoms with Crippen molar-refractivity contribution in [3.63, 3.8) is 0 Å². The molecule has 1 fully saturated rings. The molecule has 3 aromatic rings. The molecular weight excluding hydrogens is 554 g/mol. The van der Waals surface area contributed by atoms with Gasteiger partial charge in [0.25, 0.3) is 5.56 Å². The highest BCUT2D eigenvalue weighted by molar-refractivity contribution is 14.1. The van der Waals surface area contributed by atoms with Gasteiger partial charge in [-0.1, -0.05) is 6.07 Å². The van der Waals surface area contributed by atoms with Crippen LogP contribution in [0.4, 0.5) is 9.18 Å². The van der Waals surface area contributed by atoms with Gasteiger partial charge in [0.05, 0.1) is 17.3 Å². The van der Waals surface area contributed by atoms with Crippen LogP contribution in [0.1, 0.15) is 52.5 Å². The Morgan fingerprint density at radius 1 is 1.18 bits per heavy atom. The summed E-state index contributed by atoms with van der Waals surface area (Å²) < 4.78 is 17.5. The Kier molecular flexibility index (Phi) is 6.54. The molecule has 2 aromatic heterocycles. The molecule has 0 atom stereocenters. The maximum Gasteiger partial charge on any atom is 0.407 e.